The zero-order chi connectivity index (χ0) is 6.85. The van der Waals surface area contributed by atoms with E-state index in [9.17, 15) is 5.11 Å². The molecule has 53 valence electrons. The first-order chi connectivity index (χ1) is 4.24. The van der Waals surface area contributed by atoms with Crippen LogP contribution in [0.15, 0.2) is 0 Å². The normalized spacial score (nSPS) is 22.7. The summed E-state index contributed by atoms with van der Waals surface area (Å²) >= 11 is 0. The third kappa shape index (κ3) is 1.43. The van der Waals surface area contributed by atoms with Crippen LogP contribution in [0.2, 0.25) is 0 Å². The Hall–Kier alpha value is -0.0800. The lowest BCUT2D eigenvalue weighted by atomic mass is 10.00. The van der Waals surface area contributed by atoms with Crippen LogP contribution >= 0.6 is 0 Å². The van der Waals surface area contributed by atoms with Crippen LogP contribution in [0.4, 0.5) is 0 Å². The molecule has 2 heteroatoms. The van der Waals surface area contributed by atoms with Gasteiger partial charge in [0, 0.05) is 25.0 Å². The molecule has 1 radical (unpaired) electrons. The van der Waals surface area contributed by atoms with Gasteiger partial charge >= 0.3 is 0 Å². The average molecular weight is 128 g/mol. The molecule has 1 aliphatic heterocycles. The van der Waals surface area contributed by atoms with Crippen LogP contribution in [0.5, 0.6) is 0 Å². The van der Waals surface area contributed by atoms with Crippen LogP contribution in [0.25, 0.3) is 0 Å². The van der Waals surface area contributed by atoms with Gasteiger partial charge in [-0.15, -0.1) is 0 Å². The summed E-state index contributed by atoms with van der Waals surface area (Å²) in [4.78, 5) is 2.32. The van der Waals surface area contributed by atoms with Gasteiger partial charge in [0.05, 0.1) is 6.61 Å². The second-order valence-electron chi connectivity index (χ2n) is 3.08. The molecule has 0 atom stereocenters. The van der Waals surface area contributed by atoms with Crippen molar-refractivity contribution in [3.8, 4) is 0 Å². The van der Waals surface area contributed by atoms with Gasteiger partial charge in [0.2, 0.25) is 0 Å². The molecule has 1 saturated heterocycles. The first-order valence-electron chi connectivity index (χ1n) is 3.56. The molecule has 0 aromatic heterocycles. The first-order valence-corrected chi connectivity index (χ1v) is 3.56. The van der Waals surface area contributed by atoms with Crippen LogP contribution in [0.1, 0.15) is 13.8 Å². The number of likely N-dealkylation sites (tertiary alicyclic amines) is 1. The Morgan fingerprint density at radius 1 is 1.56 bits per heavy atom. The molecule has 0 aromatic carbocycles. The molecule has 9 heavy (non-hydrogen) atoms. The van der Waals surface area contributed by atoms with E-state index in [4.69, 9.17) is 0 Å². The molecule has 1 aliphatic rings. The van der Waals surface area contributed by atoms with Crippen molar-refractivity contribution in [2.24, 2.45) is 5.92 Å². The van der Waals surface area contributed by atoms with Gasteiger partial charge in [0.15, 0.2) is 0 Å². The maximum absolute atomic E-state index is 10.3. The molecule has 2 nitrogen and oxygen atoms in total. The quantitative estimate of drug-likeness (QED) is 0.538. The van der Waals surface area contributed by atoms with Gasteiger partial charge in [-0.1, -0.05) is 0 Å². The largest absolute Gasteiger partial charge is 0.300 e. The summed E-state index contributed by atoms with van der Waals surface area (Å²) in [5, 5.41) is 10.3. The lowest BCUT2D eigenvalue weighted by Gasteiger charge is -2.40. The van der Waals surface area contributed by atoms with Crippen molar-refractivity contribution >= 4 is 0 Å². The van der Waals surface area contributed by atoms with Crippen molar-refractivity contribution in [2.75, 3.05) is 19.7 Å². The molecule has 0 aromatic rings. The van der Waals surface area contributed by atoms with E-state index < -0.39 is 0 Å². The fourth-order valence-corrected chi connectivity index (χ4v) is 1.14. The molecule has 0 spiro atoms. The molecule has 0 amide bonds. The summed E-state index contributed by atoms with van der Waals surface area (Å²) in [6.45, 7) is 6.51. The summed E-state index contributed by atoms with van der Waals surface area (Å²) in [6, 6.07) is 0.632. The van der Waals surface area contributed by atoms with Crippen LogP contribution in [0.3, 0.4) is 0 Å². The maximum atomic E-state index is 10.3. The highest BCUT2D eigenvalue weighted by Crippen LogP contribution is 2.16. The standard InChI is InChI=1S/C7H14NO/c1-6(2)8-3-7(4-8)5-9/h6-7H,3-5H2,1-2H3. The second-order valence-corrected chi connectivity index (χ2v) is 3.08. The molecule has 1 heterocycles. The average Bonchev–Trinajstić information content (AvgIpc) is 1.61. The minimum absolute atomic E-state index is 0.114. The van der Waals surface area contributed by atoms with E-state index in [0.29, 0.717) is 12.0 Å². The van der Waals surface area contributed by atoms with Crippen molar-refractivity contribution in [3.05, 3.63) is 0 Å². The maximum Gasteiger partial charge on any atom is 0.0874 e. The third-order valence-corrected chi connectivity index (χ3v) is 1.95. The smallest absolute Gasteiger partial charge is 0.0874 e. The highest BCUT2D eigenvalue weighted by atomic mass is 16.3. The van der Waals surface area contributed by atoms with Gasteiger partial charge in [-0.25, -0.2) is 5.11 Å². The van der Waals surface area contributed by atoms with Gasteiger partial charge in [-0.05, 0) is 13.8 Å². The lowest BCUT2D eigenvalue weighted by Crippen LogP contribution is -2.51. The molecule has 0 unspecified atom stereocenters. The molecule has 1 fully saturated rings. The van der Waals surface area contributed by atoms with E-state index in [1.54, 1.807) is 0 Å². The van der Waals surface area contributed by atoms with Crippen molar-refractivity contribution in [2.45, 2.75) is 19.9 Å². The summed E-state index contributed by atoms with van der Waals surface area (Å²) < 4.78 is 0. The lowest BCUT2D eigenvalue weighted by molar-refractivity contribution is 0.00876. The highest BCUT2D eigenvalue weighted by Gasteiger charge is 2.27. The molecule has 1 rings (SSSR count). The van der Waals surface area contributed by atoms with E-state index in [-0.39, 0.29) is 6.61 Å². The highest BCUT2D eigenvalue weighted by molar-refractivity contribution is 4.80. The third-order valence-electron chi connectivity index (χ3n) is 1.95. The fraction of sp³-hybridized carbons (Fsp3) is 1.00. The minimum Gasteiger partial charge on any atom is -0.300 e. The predicted octanol–water partition coefficient (Wildman–Crippen LogP) is 0.757. The van der Waals surface area contributed by atoms with E-state index >= 15 is 0 Å². The number of hydrogen-bond acceptors (Lipinski definition) is 1. The van der Waals surface area contributed by atoms with Crippen molar-refractivity contribution in [1.82, 2.24) is 4.90 Å². The number of hydrogen-bond donors (Lipinski definition) is 0. The van der Waals surface area contributed by atoms with Crippen LogP contribution < -0.4 is 0 Å². The van der Waals surface area contributed by atoms with Gasteiger partial charge in [0.25, 0.3) is 0 Å². The molecule has 0 bridgehead atoms. The van der Waals surface area contributed by atoms with Crippen molar-refractivity contribution in [3.63, 3.8) is 0 Å². The first kappa shape index (κ1) is 7.03. The van der Waals surface area contributed by atoms with Crippen molar-refractivity contribution in [1.29, 1.82) is 0 Å². The Bertz CT molecular complexity index is 86.9. The Labute approximate surface area is 56.5 Å². The molecule has 0 N–H and O–H groups in total. The van der Waals surface area contributed by atoms with Gasteiger partial charge in [-0.3, -0.25) is 0 Å². The molecular formula is C7H14NO. The molecular weight excluding hydrogens is 114 g/mol. The Kier molecular flexibility index (Phi) is 2.09. The number of nitrogens with zero attached hydrogens (tertiary/aromatic N) is 1. The summed E-state index contributed by atoms with van der Waals surface area (Å²) in [5.41, 5.74) is 0. The molecule has 0 aliphatic carbocycles. The monoisotopic (exact) mass is 128 g/mol. The summed E-state index contributed by atoms with van der Waals surface area (Å²) in [6.07, 6.45) is 0. The van der Waals surface area contributed by atoms with E-state index in [1.165, 1.54) is 0 Å². The van der Waals surface area contributed by atoms with E-state index in [2.05, 4.69) is 18.7 Å². The summed E-state index contributed by atoms with van der Waals surface area (Å²) in [7, 11) is 0. The fourth-order valence-electron chi connectivity index (χ4n) is 1.14. The molecule has 0 saturated carbocycles. The van der Waals surface area contributed by atoms with E-state index in [0.717, 1.165) is 13.1 Å². The Morgan fingerprint density at radius 3 is 2.44 bits per heavy atom. The topological polar surface area (TPSA) is 23.1 Å². The van der Waals surface area contributed by atoms with Crippen LogP contribution in [0, 0.1) is 5.92 Å². The van der Waals surface area contributed by atoms with Crippen LogP contribution in [-0.4, -0.2) is 30.6 Å². The second kappa shape index (κ2) is 2.67. The van der Waals surface area contributed by atoms with Gasteiger partial charge in [0.1, 0.15) is 0 Å². The zero-order valence-electron chi connectivity index (χ0n) is 6.13. The minimum atomic E-state index is 0.114. The van der Waals surface area contributed by atoms with Gasteiger partial charge < -0.3 is 4.90 Å². The van der Waals surface area contributed by atoms with Crippen molar-refractivity contribution < 1.29 is 5.11 Å². The Morgan fingerprint density at radius 2 is 2.11 bits per heavy atom. The SMILES string of the molecule is CC(C)N1CC(C[O])C1. The predicted molar refractivity (Wildman–Crippen MR) is 35.8 cm³/mol. The van der Waals surface area contributed by atoms with Gasteiger partial charge in [-0.2, -0.15) is 0 Å². The Balaban J connectivity index is 2.12. The summed E-state index contributed by atoms with van der Waals surface area (Å²) in [5.74, 6) is 0.451. The number of rotatable bonds is 2. The van der Waals surface area contributed by atoms with Crippen LogP contribution in [-0.2, 0) is 5.11 Å². The zero-order valence-corrected chi connectivity index (χ0v) is 6.13. The van der Waals surface area contributed by atoms with E-state index in [1.807, 2.05) is 0 Å².